The molecule has 0 bridgehead atoms. The smallest absolute Gasteiger partial charge is 0.0946 e. The van der Waals surface area contributed by atoms with Crippen molar-refractivity contribution in [3.8, 4) is 0 Å². The fraction of sp³-hybridized carbons (Fsp3) is 1.00. The second-order valence-electron chi connectivity index (χ2n) is 8.83. The monoisotopic (exact) mass is 541 g/mol. The summed E-state index contributed by atoms with van der Waals surface area (Å²) in [6.45, 7) is 8.27. The third kappa shape index (κ3) is 33.7. The van der Waals surface area contributed by atoms with E-state index in [4.69, 9.17) is 28.4 Å². The first-order valence-electron chi connectivity index (χ1n) is 14.0. The molecule has 0 saturated carbocycles. The Morgan fingerprint density at radius 2 is 0.694 bits per heavy atom. The Morgan fingerprint density at radius 1 is 0.417 bits per heavy atom. The van der Waals surface area contributed by atoms with Crippen molar-refractivity contribution in [1.29, 1.82) is 0 Å². The summed E-state index contributed by atoms with van der Waals surface area (Å²) in [4.78, 5) is 0. The van der Waals surface area contributed by atoms with Crippen LogP contribution in [0.2, 0.25) is 0 Å². The van der Waals surface area contributed by atoms with Gasteiger partial charge in [-0.1, -0.05) is 71.1 Å². The van der Waals surface area contributed by atoms with Gasteiger partial charge in [-0.15, -0.1) is 0 Å². The van der Waals surface area contributed by atoms with Crippen LogP contribution in [0.15, 0.2) is 0 Å². The quantitative estimate of drug-likeness (QED) is 0.0934. The summed E-state index contributed by atoms with van der Waals surface area (Å²) in [6.07, 6.45) is 15.0. The third-order valence-corrected chi connectivity index (χ3v) is 6.22. The minimum Gasteiger partial charge on any atom is -0.748 e. The van der Waals surface area contributed by atoms with Gasteiger partial charge in [0.25, 0.3) is 0 Å². The molecule has 36 heavy (non-hydrogen) atoms. The molecule has 0 heterocycles. The van der Waals surface area contributed by atoms with Crippen LogP contribution in [0.1, 0.15) is 84.0 Å². The van der Waals surface area contributed by atoms with Crippen LogP contribution in [0.25, 0.3) is 0 Å². The van der Waals surface area contributed by atoms with Gasteiger partial charge >= 0.3 is 0 Å². The lowest BCUT2D eigenvalue weighted by atomic mass is 10.1. The van der Waals surface area contributed by atoms with E-state index in [9.17, 15) is 13.0 Å². The van der Waals surface area contributed by atoms with Gasteiger partial charge in [0, 0.05) is 19.0 Å². The lowest BCUT2D eigenvalue weighted by Gasteiger charge is -2.09. The summed E-state index contributed by atoms with van der Waals surface area (Å²) in [5, 5.41) is 0. The largest absolute Gasteiger partial charge is 0.748 e. The van der Waals surface area contributed by atoms with Gasteiger partial charge in [0.1, 0.15) is 0 Å². The van der Waals surface area contributed by atoms with Crippen LogP contribution in [0.5, 0.6) is 0 Å². The van der Waals surface area contributed by atoms with E-state index in [0.29, 0.717) is 66.1 Å². The number of ether oxygens (including phenoxy) is 6. The number of unbranched alkanes of at least 4 members (excludes halogenated alkanes) is 10. The van der Waals surface area contributed by atoms with Crippen molar-refractivity contribution in [1.82, 2.24) is 0 Å². The first kappa shape index (κ1) is 35.7. The van der Waals surface area contributed by atoms with E-state index in [0.717, 1.165) is 13.0 Å². The van der Waals surface area contributed by atoms with Crippen LogP contribution in [0.3, 0.4) is 0 Å². The van der Waals surface area contributed by atoms with Gasteiger partial charge in [-0.25, -0.2) is 8.42 Å². The number of hydrogen-bond donors (Lipinski definition) is 0. The standard InChI is InChI=1S/C26H54O9S/c1-2-3-4-5-6-7-8-9-10-11-12-14-30-16-18-32-20-22-34-24-25-35-23-21-33-19-17-31-15-13-26-36(27,28)29/h2-26H2,1H3,(H,27,28,29)/p-1. The van der Waals surface area contributed by atoms with Crippen LogP contribution in [-0.4, -0.2) is 98.0 Å². The highest BCUT2D eigenvalue weighted by atomic mass is 32.2. The molecule has 0 fully saturated rings. The van der Waals surface area contributed by atoms with E-state index in [1.54, 1.807) is 0 Å². The normalized spacial score (nSPS) is 11.9. The third-order valence-electron chi connectivity index (χ3n) is 5.44. The zero-order valence-corrected chi connectivity index (χ0v) is 23.6. The van der Waals surface area contributed by atoms with Crippen molar-refractivity contribution in [2.24, 2.45) is 0 Å². The predicted octanol–water partition coefficient (Wildman–Crippen LogP) is 4.33. The minimum absolute atomic E-state index is 0.202. The van der Waals surface area contributed by atoms with Crippen LogP contribution in [0.4, 0.5) is 0 Å². The highest BCUT2D eigenvalue weighted by molar-refractivity contribution is 7.85. The van der Waals surface area contributed by atoms with Gasteiger partial charge in [0.05, 0.1) is 76.2 Å². The molecule has 218 valence electrons. The summed E-state index contributed by atoms with van der Waals surface area (Å²) < 4.78 is 63.7. The van der Waals surface area contributed by atoms with E-state index < -0.39 is 15.9 Å². The van der Waals surface area contributed by atoms with E-state index in [1.807, 2.05) is 0 Å². The summed E-state index contributed by atoms with van der Waals surface area (Å²) >= 11 is 0. The Hall–Kier alpha value is -0.330. The number of rotatable bonds is 31. The summed E-state index contributed by atoms with van der Waals surface area (Å²) in [5.41, 5.74) is 0. The van der Waals surface area contributed by atoms with Crippen molar-refractivity contribution in [2.45, 2.75) is 84.0 Å². The molecule has 0 saturated heterocycles. The second kappa shape index (κ2) is 29.2. The molecule has 0 radical (unpaired) electrons. The first-order valence-corrected chi connectivity index (χ1v) is 15.5. The molecule has 10 heteroatoms. The molecule has 0 amide bonds. The van der Waals surface area contributed by atoms with Crippen LogP contribution >= 0.6 is 0 Å². The molecule has 0 N–H and O–H groups in total. The van der Waals surface area contributed by atoms with Crippen molar-refractivity contribution < 1.29 is 41.4 Å². The molecular formula is C26H53O9S-. The summed E-state index contributed by atoms with van der Waals surface area (Å²) in [7, 11) is -4.15. The summed E-state index contributed by atoms with van der Waals surface area (Å²) in [6, 6.07) is 0. The predicted molar refractivity (Wildman–Crippen MR) is 141 cm³/mol. The zero-order chi connectivity index (χ0) is 26.4. The van der Waals surface area contributed by atoms with Gasteiger partial charge in [0.2, 0.25) is 0 Å². The molecule has 0 aromatic rings. The molecule has 0 atom stereocenters. The average Bonchev–Trinajstić information content (AvgIpc) is 2.84. The maximum Gasteiger partial charge on any atom is 0.0946 e. The molecule has 9 nitrogen and oxygen atoms in total. The van der Waals surface area contributed by atoms with Crippen LogP contribution in [-0.2, 0) is 38.5 Å². The maximum atomic E-state index is 10.4. The molecule has 0 aromatic carbocycles. The van der Waals surface area contributed by atoms with Crippen molar-refractivity contribution in [3.05, 3.63) is 0 Å². The molecule has 0 aliphatic rings. The molecule has 0 rings (SSSR count). The topological polar surface area (TPSA) is 113 Å². The van der Waals surface area contributed by atoms with E-state index in [2.05, 4.69) is 6.92 Å². The van der Waals surface area contributed by atoms with Crippen molar-refractivity contribution >= 4 is 10.1 Å². The van der Waals surface area contributed by atoms with E-state index in [-0.39, 0.29) is 13.0 Å². The summed E-state index contributed by atoms with van der Waals surface area (Å²) in [5.74, 6) is -0.399. The molecule has 0 aliphatic heterocycles. The zero-order valence-electron chi connectivity index (χ0n) is 22.8. The molecule has 0 unspecified atom stereocenters. The maximum absolute atomic E-state index is 10.4. The van der Waals surface area contributed by atoms with Gasteiger partial charge in [-0.2, -0.15) is 0 Å². The van der Waals surface area contributed by atoms with Crippen molar-refractivity contribution in [3.63, 3.8) is 0 Å². The van der Waals surface area contributed by atoms with E-state index >= 15 is 0 Å². The lowest BCUT2D eigenvalue weighted by Crippen LogP contribution is -2.14. The van der Waals surface area contributed by atoms with Crippen LogP contribution in [0, 0.1) is 0 Å². The van der Waals surface area contributed by atoms with Crippen molar-refractivity contribution in [2.75, 3.05) is 85.0 Å². The average molecular weight is 542 g/mol. The minimum atomic E-state index is -4.15. The van der Waals surface area contributed by atoms with Gasteiger partial charge in [-0.3, -0.25) is 0 Å². The second-order valence-corrected chi connectivity index (χ2v) is 10.3. The van der Waals surface area contributed by atoms with E-state index in [1.165, 1.54) is 64.2 Å². The highest BCUT2D eigenvalue weighted by Gasteiger charge is 1.97. The number of hydrogen-bond acceptors (Lipinski definition) is 9. The van der Waals surface area contributed by atoms with Gasteiger partial charge in [-0.05, 0) is 12.8 Å². The Labute approximate surface area is 220 Å². The molecule has 0 aromatic heterocycles. The van der Waals surface area contributed by atoms with Gasteiger partial charge < -0.3 is 33.0 Å². The van der Waals surface area contributed by atoms with Crippen LogP contribution < -0.4 is 0 Å². The Morgan fingerprint density at radius 3 is 1.03 bits per heavy atom. The Balaban J connectivity index is 3.04. The lowest BCUT2D eigenvalue weighted by molar-refractivity contribution is -0.0168. The highest BCUT2D eigenvalue weighted by Crippen LogP contribution is 2.11. The fourth-order valence-electron chi connectivity index (χ4n) is 3.41. The molecule has 0 aliphatic carbocycles. The molecular weight excluding hydrogens is 488 g/mol. The fourth-order valence-corrected chi connectivity index (χ4v) is 3.88. The van der Waals surface area contributed by atoms with Gasteiger partial charge in [0.15, 0.2) is 0 Å². The Kier molecular flexibility index (Phi) is 29.0. The Bertz CT molecular complexity index is 518. The molecule has 0 spiro atoms. The first-order chi connectivity index (χ1) is 17.6. The SMILES string of the molecule is CCCCCCCCCCCCCOCCOCCOCCOCCOCCOCCCS(=O)(=O)[O-].